The molecule has 1 aromatic heterocycles. The number of benzene rings is 1. The third-order valence-electron chi connectivity index (χ3n) is 2.22. The Kier molecular flexibility index (Phi) is 6.78. The first-order chi connectivity index (χ1) is 9.15. The van der Waals surface area contributed by atoms with Crippen LogP contribution in [0.5, 0.6) is 0 Å². The minimum atomic E-state index is -0.157. The maximum Gasteiger partial charge on any atom is 0.277 e. The lowest BCUT2D eigenvalue weighted by atomic mass is 10.2. The first kappa shape index (κ1) is 15.3. The minimum Gasteiger partial charge on any atom is -0.274 e. The van der Waals surface area contributed by atoms with Gasteiger partial charge in [-0.25, -0.2) is 5.06 Å². The molecule has 0 atom stereocenters. The Balaban J connectivity index is 0.000000250. The molecule has 0 aliphatic carbocycles. The van der Waals surface area contributed by atoms with Crippen molar-refractivity contribution >= 4 is 21.8 Å². The molecule has 1 heterocycles. The summed E-state index contributed by atoms with van der Waals surface area (Å²) >= 11 is 3.29. The van der Waals surface area contributed by atoms with E-state index >= 15 is 0 Å². The second-order valence-corrected chi connectivity index (χ2v) is 4.43. The van der Waals surface area contributed by atoms with Crippen LogP contribution >= 0.6 is 15.9 Å². The molecule has 1 aromatic carbocycles. The molecule has 0 saturated carbocycles. The van der Waals surface area contributed by atoms with E-state index in [0.29, 0.717) is 5.56 Å². The number of hydrogen-bond donors (Lipinski definition) is 0. The molecular weight excluding hydrogens is 308 g/mol. The smallest absolute Gasteiger partial charge is 0.274 e. The molecule has 0 saturated heterocycles. The van der Waals surface area contributed by atoms with Gasteiger partial charge in [0.2, 0.25) is 0 Å². The maximum absolute atomic E-state index is 11.5. The van der Waals surface area contributed by atoms with Gasteiger partial charge in [-0.1, -0.05) is 22.0 Å². The van der Waals surface area contributed by atoms with Crippen molar-refractivity contribution in [3.05, 3.63) is 64.9 Å². The molecule has 0 spiro atoms. The number of carbonyl (C=O) groups excluding carboxylic acids is 1. The lowest BCUT2D eigenvalue weighted by molar-refractivity contribution is -0.0756. The molecule has 19 heavy (non-hydrogen) atoms. The van der Waals surface area contributed by atoms with E-state index in [2.05, 4.69) is 20.9 Å². The van der Waals surface area contributed by atoms with Crippen LogP contribution in [0.25, 0.3) is 0 Å². The first-order valence-corrected chi connectivity index (χ1v) is 6.37. The summed E-state index contributed by atoms with van der Waals surface area (Å²) in [6, 6.07) is 12.8. The van der Waals surface area contributed by atoms with E-state index in [-0.39, 0.29) is 5.91 Å². The second-order valence-electron chi connectivity index (χ2n) is 3.52. The number of rotatable bonds is 2. The van der Waals surface area contributed by atoms with E-state index in [1.165, 1.54) is 12.2 Å². The Morgan fingerprint density at radius 2 is 1.74 bits per heavy atom. The highest BCUT2D eigenvalue weighted by molar-refractivity contribution is 9.10. The summed E-state index contributed by atoms with van der Waals surface area (Å²) in [7, 11) is 3.03. The van der Waals surface area contributed by atoms with Gasteiger partial charge in [-0.3, -0.25) is 14.6 Å². The van der Waals surface area contributed by atoms with Gasteiger partial charge >= 0.3 is 0 Å². The molecule has 0 bridgehead atoms. The van der Waals surface area contributed by atoms with Gasteiger partial charge in [0, 0.05) is 29.5 Å². The van der Waals surface area contributed by atoms with Crippen LogP contribution in [0.15, 0.2) is 59.3 Å². The molecule has 4 nitrogen and oxygen atoms in total. The molecule has 0 radical (unpaired) electrons. The molecular formula is C14H15BrN2O2. The van der Waals surface area contributed by atoms with Gasteiger partial charge in [0.1, 0.15) is 0 Å². The standard InChI is InChI=1S/C9H10BrNO2.C5H5N/c1-11(13-2)9(12)7-3-5-8(10)6-4-7;1-2-4-6-5-3-1/h3-6H,1-2H3;1-5H. The summed E-state index contributed by atoms with van der Waals surface area (Å²) in [6.07, 6.45) is 3.50. The molecule has 0 N–H and O–H groups in total. The van der Waals surface area contributed by atoms with Crippen molar-refractivity contribution in [2.45, 2.75) is 0 Å². The quantitative estimate of drug-likeness (QED) is 0.797. The van der Waals surface area contributed by atoms with Crippen molar-refractivity contribution < 1.29 is 9.63 Å². The second kappa shape index (κ2) is 8.39. The van der Waals surface area contributed by atoms with Crippen LogP contribution in [0.4, 0.5) is 0 Å². The number of aromatic nitrogens is 1. The number of pyridine rings is 1. The monoisotopic (exact) mass is 322 g/mol. The van der Waals surface area contributed by atoms with Crippen molar-refractivity contribution in [3.8, 4) is 0 Å². The fourth-order valence-corrected chi connectivity index (χ4v) is 1.43. The Labute approximate surface area is 121 Å². The zero-order chi connectivity index (χ0) is 14.1. The fraction of sp³-hybridized carbons (Fsp3) is 0.143. The Morgan fingerprint density at radius 3 is 2.11 bits per heavy atom. The van der Waals surface area contributed by atoms with Crippen LogP contribution < -0.4 is 0 Å². The molecule has 0 aliphatic rings. The van der Waals surface area contributed by atoms with E-state index in [9.17, 15) is 4.79 Å². The summed E-state index contributed by atoms with van der Waals surface area (Å²) in [5.41, 5.74) is 0.604. The van der Waals surface area contributed by atoms with Gasteiger partial charge in [0.25, 0.3) is 5.91 Å². The zero-order valence-electron chi connectivity index (χ0n) is 10.8. The van der Waals surface area contributed by atoms with Crippen LogP contribution in [-0.2, 0) is 4.84 Å². The average molecular weight is 323 g/mol. The van der Waals surface area contributed by atoms with Crippen LogP contribution in [0.1, 0.15) is 10.4 Å². The van der Waals surface area contributed by atoms with Crippen molar-refractivity contribution in [2.24, 2.45) is 0 Å². The van der Waals surface area contributed by atoms with Gasteiger partial charge in [0.15, 0.2) is 0 Å². The molecule has 0 fully saturated rings. The predicted molar refractivity (Wildman–Crippen MR) is 77.5 cm³/mol. The number of hydroxylamine groups is 2. The summed E-state index contributed by atoms with van der Waals surface area (Å²) in [5, 5.41) is 1.18. The van der Waals surface area contributed by atoms with Gasteiger partial charge in [-0.05, 0) is 36.4 Å². The summed E-state index contributed by atoms with van der Waals surface area (Å²) < 4.78 is 0.948. The van der Waals surface area contributed by atoms with Gasteiger partial charge < -0.3 is 0 Å². The molecule has 5 heteroatoms. The van der Waals surface area contributed by atoms with Crippen molar-refractivity contribution in [2.75, 3.05) is 14.2 Å². The molecule has 0 aliphatic heterocycles. The molecule has 1 amide bonds. The maximum atomic E-state index is 11.5. The van der Waals surface area contributed by atoms with E-state index < -0.39 is 0 Å². The van der Waals surface area contributed by atoms with E-state index in [0.717, 1.165) is 4.47 Å². The van der Waals surface area contributed by atoms with E-state index in [4.69, 9.17) is 4.84 Å². The third kappa shape index (κ3) is 5.63. The lowest BCUT2D eigenvalue weighted by Gasteiger charge is -2.13. The minimum absolute atomic E-state index is 0.157. The van der Waals surface area contributed by atoms with Crippen molar-refractivity contribution in [1.82, 2.24) is 10.0 Å². The highest BCUT2D eigenvalue weighted by Crippen LogP contribution is 2.11. The van der Waals surface area contributed by atoms with Gasteiger partial charge in [0.05, 0.1) is 7.11 Å². The fourth-order valence-electron chi connectivity index (χ4n) is 1.17. The average Bonchev–Trinajstić information content (AvgIpc) is 2.49. The van der Waals surface area contributed by atoms with Crippen LogP contribution in [0.2, 0.25) is 0 Å². The number of hydrogen-bond acceptors (Lipinski definition) is 3. The summed E-state index contributed by atoms with van der Waals surface area (Å²) in [6.45, 7) is 0. The van der Waals surface area contributed by atoms with Crippen LogP contribution in [0, 0.1) is 0 Å². The Hall–Kier alpha value is -1.72. The highest BCUT2D eigenvalue weighted by Gasteiger charge is 2.09. The molecule has 2 aromatic rings. The van der Waals surface area contributed by atoms with Crippen LogP contribution in [-0.4, -0.2) is 30.1 Å². The lowest BCUT2D eigenvalue weighted by Crippen LogP contribution is -2.25. The molecule has 0 unspecified atom stereocenters. The Bertz CT molecular complexity index is 462. The highest BCUT2D eigenvalue weighted by atomic mass is 79.9. The normalized spacial score (nSPS) is 9.21. The van der Waals surface area contributed by atoms with E-state index in [1.54, 1.807) is 31.6 Å². The number of halogens is 1. The van der Waals surface area contributed by atoms with Crippen molar-refractivity contribution in [3.63, 3.8) is 0 Å². The number of nitrogens with zero attached hydrogens (tertiary/aromatic N) is 2. The van der Waals surface area contributed by atoms with E-state index in [1.807, 2.05) is 30.3 Å². The van der Waals surface area contributed by atoms with Crippen LogP contribution in [0.3, 0.4) is 0 Å². The third-order valence-corrected chi connectivity index (χ3v) is 2.75. The molecule has 100 valence electrons. The summed E-state index contributed by atoms with van der Waals surface area (Å²) in [4.78, 5) is 20.0. The first-order valence-electron chi connectivity index (χ1n) is 5.58. The summed E-state index contributed by atoms with van der Waals surface area (Å²) in [5.74, 6) is -0.157. The number of amides is 1. The largest absolute Gasteiger partial charge is 0.277 e. The van der Waals surface area contributed by atoms with Crippen molar-refractivity contribution in [1.29, 1.82) is 0 Å². The number of carbonyl (C=O) groups is 1. The van der Waals surface area contributed by atoms with Gasteiger partial charge in [-0.2, -0.15) is 0 Å². The Morgan fingerprint density at radius 1 is 1.16 bits per heavy atom. The molecule has 2 rings (SSSR count). The predicted octanol–water partition coefficient (Wildman–Crippen LogP) is 3.16. The zero-order valence-corrected chi connectivity index (χ0v) is 12.4. The topological polar surface area (TPSA) is 42.4 Å². The van der Waals surface area contributed by atoms with Gasteiger partial charge in [-0.15, -0.1) is 0 Å². The SMILES string of the molecule is CON(C)C(=O)c1ccc(Br)cc1.c1ccncc1.